The number of nitrogens with one attached hydrogen (secondary N) is 1. The number of benzene rings is 2. The van der Waals surface area contributed by atoms with Crippen LogP contribution in [0, 0.1) is 6.92 Å². The Kier molecular flexibility index (Phi) is 6.21. The lowest BCUT2D eigenvalue weighted by molar-refractivity contribution is -0.122. The standard InChI is InChI=1S/C21H21ClN2O3S/c1-4-24-20(25)17(23-21(24)28)11-14-6-8-18(26-3)15(10-14)12-27-19-7-5-13(2)9-16(19)22/h5-11H,4,12H2,1-3H3,(H,23,28)/b17-11+. The van der Waals surface area contributed by atoms with E-state index in [2.05, 4.69) is 5.32 Å². The molecular weight excluding hydrogens is 396 g/mol. The van der Waals surface area contributed by atoms with Crippen molar-refractivity contribution in [3.8, 4) is 11.5 Å². The van der Waals surface area contributed by atoms with Gasteiger partial charge >= 0.3 is 0 Å². The van der Waals surface area contributed by atoms with Gasteiger partial charge in [0.1, 0.15) is 23.8 Å². The predicted molar refractivity (Wildman–Crippen MR) is 115 cm³/mol. The number of hydrogen-bond donors (Lipinski definition) is 1. The van der Waals surface area contributed by atoms with Crippen molar-refractivity contribution in [2.75, 3.05) is 13.7 Å². The Labute approximate surface area is 174 Å². The molecule has 1 amide bonds. The van der Waals surface area contributed by atoms with Gasteiger partial charge in [0.25, 0.3) is 5.91 Å². The van der Waals surface area contributed by atoms with E-state index in [0.717, 1.165) is 16.7 Å². The van der Waals surface area contributed by atoms with Gasteiger partial charge in [0, 0.05) is 12.1 Å². The van der Waals surface area contributed by atoms with Crippen LogP contribution in [-0.2, 0) is 11.4 Å². The van der Waals surface area contributed by atoms with Crippen LogP contribution in [0.25, 0.3) is 6.08 Å². The summed E-state index contributed by atoms with van der Waals surface area (Å²) in [5, 5.41) is 3.94. The van der Waals surface area contributed by atoms with E-state index in [9.17, 15) is 4.79 Å². The normalized spacial score (nSPS) is 15.1. The lowest BCUT2D eigenvalue weighted by Crippen LogP contribution is -2.30. The highest BCUT2D eigenvalue weighted by Crippen LogP contribution is 2.28. The first-order chi connectivity index (χ1) is 13.4. The first kappa shape index (κ1) is 20.2. The number of carbonyl (C=O) groups is 1. The van der Waals surface area contributed by atoms with Gasteiger partial charge in [-0.3, -0.25) is 9.69 Å². The van der Waals surface area contributed by atoms with Gasteiger partial charge in [-0.15, -0.1) is 0 Å². The molecule has 28 heavy (non-hydrogen) atoms. The lowest BCUT2D eigenvalue weighted by atomic mass is 10.1. The maximum absolute atomic E-state index is 12.4. The molecule has 0 spiro atoms. The zero-order chi connectivity index (χ0) is 20.3. The molecule has 0 aromatic heterocycles. The molecule has 0 radical (unpaired) electrons. The van der Waals surface area contributed by atoms with E-state index in [1.54, 1.807) is 13.2 Å². The summed E-state index contributed by atoms with van der Waals surface area (Å²) in [5.41, 5.74) is 3.20. The Morgan fingerprint density at radius 2 is 1.96 bits per heavy atom. The minimum atomic E-state index is -0.132. The number of aryl methyl sites for hydroxylation is 1. The van der Waals surface area contributed by atoms with Crippen molar-refractivity contribution in [1.82, 2.24) is 10.2 Å². The van der Waals surface area contributed by atoms with Crippen LogP contribution in [-0.4, -0.2) is 29.6 Å². The van der Waals surface area contributed by atoms with Crippen LogP contribution in [0.4, 0.5) is 0 Å². The third-order valence-electron chi connectivity index (χ3n) is 4.36. The second-order valence-corrected chi connectivity index (χ2v) is 7.13. The summed E-state index contributed by atoms with van der Waals surface area (Å²) in [6.45, 7) is 4.66. The van der Waals surface area contributed by atoms with E-state index >= 15 is 0 Å². The minimum Gasteiger partial charge on any atom is -0.496 e. The highest BCUT2D eigenvalue weighted by Gasteiger charge is 2.29. The summed E-state index contributed by atoms with van der Waals surface area (Å²) >= 11 is 11.4. The fourth-order valence-electron chi connectivity index (χ4n) is 2.90. The monoisotopic (exact) mass is 416 g/mol. The summed E-state index contributed by atoms with van der Waals surface area (Å²) in [6.07, 6.45) is 1.77. The number of rotatable bonds is 6. The van der Waals surface area contributed by atoms with Gasteiger partial charge < -0.3 is 14.8 Å². The molecule has 0 bridgehead atoms. The molecule has 0 saturated carbocycles. The van der Waals surface area contributed by atoms with Crippen molar-refractivity contribution in [3.63, 3.8) is 0 Å². The number of hydrogen-bond acceptors (Lipinski definition) is 4. The van der Waals surface area contributed by atoms with Gasteiger partial charge in [0.05, 0.1) is 12.1 Å². The third kappa shape index (κ3) is 4.29. The number of thiocarbonyl (C=S) groups is 1. The van der Waals surface area contributed by atoms with Crippen molar-refractivity contribution in [2.45, 2.75) is 20.5 Å². The van der Waals surface area contributed by atoms with Gasteiger partial charge in [-0.05, 0) is 67.5 Å². The van der Waals surface area contributed by atoms with Gasteiger partial charge in [-0.2, -0.15) is 0 Å². The number of methoxy groups -OCH3 is 1. The topological polar surface area (TPSA) is 50.8 Å². The van der Waals surface area contributed by atoms with Crippen LogP contribution in [0.1, 0.15) is 23.6 Å². The molecular formula is C21H21ClN2O3S. The molecule has 0 unspecified atom stereocenters. The molecule has 3 rings (SSSR count). The molecule has 146 valence electrons. The number of likely N-dealkylation sites (N-methyl/N-ethyl adjacent to an activating group) is 1. The van der Waals surface area contributed by atoms with Crippen molar-refractivity contribution in [2.24, 2.45) is 0 Å². The van der Waals surface area contributed by atoms with Crippen molar-refractivity contribution in [3.05, 3.63) is 63.8 Å². The van der Waals surface area contributed by atoms with E-state index in [1.807, 2.05) is 50.2 Å². The smallest absolute Gasteiger partial charge is 0.276 e. The van der Waals surface area contributed by atoms with E-state index < -0.39 is 0 Å². The first-order valence-electron chi connectivity index (χ1n) is 8.83. The number of carbonyl (C=O) groups excluding carboxylic acids is 1. The predicted octanol–water partition coefficient (Wildman–Crippen LogP) is 4.31. The van der Waals surface area contributed by atoms with Gasteiger partial charge in [0.15, 0.2) is 5.11 Å². The number of amides is 1. The second kappa shape index (κ2) is 8.63. The maximum Gasteiger partial charge on any atom is 0.276 e. The molecule has 1 heterocycles. The minimum absolute atomic E-state index is 0.132. The number of halogens is 1. The Bertz CT molecular complexity index is 959. The molecule has 7 heteroatoms. The molecule has 1 aliphatic rings. The van der Waals surface area contributed by atoms with Crippen LogP contribution in [0.3, 0.4) is 0 Å². The van der Waals surface area contributed by atoms with E-state index in [1.165, 1.54) is 4.90 Å². The van der Waals surface area contributed by atoms with E-state index in [-0.39, 0.29) is 12.5 Å². The van der Waals surface area contributed by atoms with Gasteiger partial charge in [-0.25, -0.2) is 0 Å². The zero-order valence-corrected chi connectivity index (χ0v) is 17.5. The van der Waals surface area contributed by atoms with Crippen LogP contribution < -0.4 is 14.8 Å². The molecule has 0 aliphatic carbocycles. The third-order valence-corrected chi connectivity index (χ3v) is 4.98. The largest absolute Gasteiger partial charge is 0.496 e. The number of ether oxygens (including phenoxy) is 2. The Hall–Kier alpha value is -2.57. The van der Waals surface area contributed by atoms with Crippen LogP contribution in [0.2, 0.25) is 5.02 Å². The van der Waals surface area contributed by atoms with Crippen molar-refractivity contribution in [1.29, 1.82) is 0 Å². The second-order valence-electron chi connectivity index (χ2n) is 6.33. The fraction of sp³-hybridized carbons (Fsp3) is 0.238. The SMILES string of the molecule is CCN1C(=O)/C(=C\c2ccc(OC)c(COc3ccc(C)cc3Cl)c2)NC1=S. The van der Waals surface area contributed by atoms with Gasteiger partial charge in [0.2, 0.25) is 0 Å². The Morgan fingerprint density at radius 3 is 2.61 bits per heavy atom. The maximum atomic E-state index is 12.4. The number of nitrogens with zero attached hydrogens (tertiary/aromatic N) is 1. The van der Waals surface area contributed by atoms with Crippen LogP contribution in [0.15, 0.2) is 42.1 Å². The zero-order valence-electron chi connectivity index (χ0n) is 15.9. The Morgan fingerprint density at radius 1 is 1.21 bits per heavy atom. The summed E-state index contributed by atoms with van der Waals surface area (Å²) in [7, 11) is 1.61. The molecule has 1 fully saturated rings. The lowest BCUT2D eigenvalue weighted by Gasteiger charge is -2.12. The van der Waals surface area contributed by atoms with Gasteiger partial charge in [-0.1, -0.05) is 23.7 Å². The summed E-state index contributed by atoms with van der Waals surface area (Å²) in [6, 6.07) is 11.3. The van der Waals surface area contributed by atoms with Crippen LogP contribution in [0.5, 0.6) is 11.5 Å². The summed E-state index contributed by atoms with van der Waals surface area (Å²) < 4.78 is 11.3. The average molecular weight is 417 g/mol. The molecule has 2 aromatic carbocycles. The molecule has 5 nitrogen and oxygen atoms in total. The molecule has 1 aliphatic heterocycles. The van der Waals surface area contributed by atoms with E-state index in [0.29, 0.717) is 33.9 Å². The first-order valence-corrected chi connectivity index (χ1v) is 9.62. The van der Waals surface area contributed by atoms with Crippen LogP contribution >= 0.6 is 23.8 Å². The average Bonchev–Trinajstić information content (AvgIpc) is 2.93. The summed E-state index contributed by atoms with van der Waals surface area (Å²) in [5.74, 6) is 1.17. The highest BCUT2D eigenvalue weighted by molar-refractivity contribution is 7.80. The molecule has 1 saturated heterocycles. The molecule has 2 aromatic rings. The van der Waals surface area contributed by atoms with Crippen molar-refractivity contribution >= 4 is 40.9 Å². The highest BCUT2D eigenvalue weighted by atomic mass is 35.5. The fourth-order valence-corrected chi connectivity index (χ4v) is 3.52. The molecule has 1 N–H and O–H groups in total. The molecule has 0 atom stereocenters. The van der Waals surface area contributed by atoms with Crippen molar-refractivity contribution < 1.29 is 14.3 Å². The quantitative estimate of drug-likeness (QED) is 0.561. The Balaban J connectivity index is 1.83. The summed E-state index contributed by atoms with van der Waals surface area (Å²) in [4.78, 5) is 13.9. The van der Waals surface area contributed by atoms with E-state index in [4.69, 9.17) is 33.3 Å².